The average Bonchev–Trinajstić information content (AvgIpc) is 2.43. The number of benzene rings is 1. The molecule has 0 atom stereocenters. The van der Waals surface area contributed by atoms with E-state index in [9.17, 15) is 8.42 Å². The van der Waals surface area contributed by atoms with Gasteiger partial charge in [0.15, 0.2) is 0 Å². The van der Waals surface area contributed by atoms with Gasteiger partial charge in [-0.1, -0.05) is 6.92 Å². The number of rotatable bonds is 8. The number of hydrogen-bond donors (Lipinski definition) is 2. The lowest BCUT2D eigenvalue weighted by Gasteiger charge is -2.21. The summed E-state index contributed by atoms with van der Waals surface area (Å²) < 4.78 is 26.5. The van der Waals surface area contributed by atoms with Gasteiger partial charge in [-0.2, -0.15) is 4.31 Å². The largest absolute Gasteiger partial charge is 0.324 e. The van der Waals surface area contributed by atoms with Gasteiger partial charge in [0.2, 0.25) is 10.0 Å². The topological polar surface area (TPSA) is 78.7 Å². The summed E-state index contributed by atoms with van der Waals surface area (Å²) in [4.78, 5) is 2.34. The lowest BCUT2D eigenvalue weighted by atomic mass is 10.3. The Balaban J connectivity index is 2.82. The van der Waals surface area contributed by atoms with Gasteiger partial charge in [-0.15, -0.1) is 0 Å². The predicted molar refractivity (Wildman–Crippen MR) is 81.9 cm³/mol. The molecule has 7 heteroatoms. The molecule has 0 bridgehead atoms. The third-order valence-corrected chi connectivity index (χ3v) is 5.01. The zero-order valence-corrected chi connectivity index (χ0v) is 13.2. The van der Waals surface area contributed by atoms with Crippen molar-refractivity contribution in [3.05, 3.63) is 24.3 Å². The Labute approximate surface area is 121 Å². The van der Waals surface area contributed by atoms with Crippen LogP contribution in [0.2, 0.25) is 0 Å². The number of nitrogens with two attached hydrogens (primary N) is 1. The number of hydrazine groups is 1. The molecule has 1 rings (SSSR count). The lowest BCUT2D eigenvalue weighted by Crippen LogP contribution is -2.33. The van der Waals surface area contributed by atoms with E-state index in [0.29, 0.717) is 23.7 Å². The highest BCUT2D eigenvalue weighted by molar-refractivity contribution is 7.89. The zero-order chi connectivity index (χ0) is 15.2. The third kappa shape index (κ3) is 4.45. The number of sulfonamides is 1. The van der Waals surface area contributed by atoms with E-state index in [1.807, 2.05) is 25.9 Å². The first-order valence-electron chi connectivity index (χ1n) is 6.63. The van der Waals surface area contributed by atoms with Gasteiger partial charge in [-0.05, 0) is 51.3 Å². The summed E-state index contributed by atoms with van der Waals surface area (Å²) in [5.41, 5.74) is 3.16. The number of nitrogens with one attached hydrogen (secondary N) is 1. The van der Waals surface area contributed by atoms with Crippen molar-refractivity contribution in [1.82, 2.24) is 9.21 Å². The van der Waals surface area contributed by atoms with Crippen molar-refractivity contribution in [3.8, 4) is 0 Å². The van der Waals surface area contributed by atoms with Crippen LogP contribution >= 0.6 is 0 Å². The molecular weight excluding hydrogens is 276 g/mol. The van der Waals surface area contributed by atoms with Crippen molar-refractivity contribution in [2.75, 3.05) is 39.2 Å². The Kier molecular flexibility index (Phi) is 6.41. The number of hydrogen-bond acceptors (Lipinski definition) is 5. The van der Waals surface area contributed by atoms with Crippen LogP contribution < -0.4 is 11.3 Å². The standard InChI is InChI=1S/C13H24N4O2S/c1-4-17(11-5-10-16(2)3)20(18,19)13-8-6-12(15-14)7-9-13/h6-9,15H,4-5,10-11,14H2,1-3H3. The van der Waals surface area contributed by atoms with Crippen LogP contribution in [0.5, 0.6) is 0 Å². The minimum atomic E-state index is -3.43. The highest BCUT2D eigenvalue weighted by Gasteiger charge is 2.22. The van der Waals surface area contributed by atoms with E-state index in [1.54, 1.807) is 24.3 Å². The number of nitrogens with zero attached hydrogens (tertiary/aromatic N) is 2. The average molecular weight is 300 g/mol. The molecule has 1 aromatic rings. The van der Waals surface area contributed by atoms with Crippen molar-refractivity contribution in [1.29, 1.82) is 0 Å². The second-order valence-corrected chi connectivity index (χ2v) is 6.76. The summed E-state index contributed by atoms with van der Waals surface area (Å²) in [6.45, 7) is 3.70. The SMILES string of the molecule is CCN(CCCN(C)C)S(=O)(=O)c1ccc(NN)cc1. The molecule has 0 heterocycles. The van der Waals surface area contributed by atoms with E-state index in [1.165, 1.54) is 4.31 Å². The maximum atomic E-state index is 12.5. The van der Waals surface area contributed by atoms with E-state index in [0.717, 1.165) is 13.0 Å². The molecule has 0 radical (unpaired) electrons. The molecule has 0 aromatic heterocycles. The Hall–Kier alpha value is -1.15. The monoisotopic (exact) mass is 300 g/mol. The highest BCUT2D eigenvalue weighted by atomic mass is 32.2. The van der Waals surface area contributed by atoms with Gasteiger partial charge < -0.3 is 10.3 Å². The minimum Gasteiger partial charge on any atom is -0.324 e. The molecule has 0 saturated heterocycles. The molecule has 0 saturated carbocycles. The maximum absolute atomic E-state index is 12.5. The van der Waals surface area contributed by atoms with E-state index < -0.39 is 10.0 Å². The van der Waals surface area contributed by atoms with E-state index in [-0.39, 0.29) is 0 Å². The van der Waals surface area contributed by atoms with Crippen LogP contribution in [-0.2, 0) is 10.0 Å². The van der Waals surface area contributed by atoms with E-state index >= 15 is 0 Å². The van der Waals surface area contributed by atoms with Gasteiger partial charge in [0, 0.05) is 18.8 Å². The van der Waals surface area contributed by atoms with E-state index in [4.69, 9.17) is 5.84 Å². The summed E-state index contributed by atoms with van der Waals surface area (Å²) in [7, 11) is 0.523. The van der Waals surface area contributed by atoms with Crippen LogP contribution in [0.25, 0.3) is 0 Å². The van der Waals surface area contributed by atoms with Gasteiger partial charge >= 0.3 is 0 Å². The minimum absolute atomic E-state index is 0.295. The molecule has 20 heavy (non-hydrogen) atoms. The Morgan fingerprint density at radius 2 is 1.75 bits per heavy atom. The molecule has 1 aromatic carbocycles. The smallest absolute Gasteiger partial charge is 0.243 e. The summed E-state index contributed by atoms with van der Waals surface area (Å²) in [6.07, 6.45) is 0.808. The maximum Gasteiger partial charge on any atom is 0.243 e. The fourth-order valence-electron chi connectivity index (χ4n) is 1.88. The molecule has 0 amide bonds. The predicted octanol–water partition coefficient (Wildman–Crippen LogP) is 0.935. The summed E-state index contributed by atoms with van der Waals surface area (Å²) in [6, 6.07) is 6.44. The Bertz CT molecular complexity index is 500. The second kappa shape index (κ2) is 7.58. The summed E-state index contributed by atoms with van der Waals surface area (Å²) in [5.74, 6) is 5.27. The molecule has 0 aliphatic carbocycles. The first-order chi connectivity index (χ1) is 9.41. The molecule has 114 valence electrons. The van der Waals surface area contributed by atoms with Crippen LogP contribution in [-0.4, -0.2) is 51.4 Å². The van der Waals surface area contributed by atoms with Gasteiger partial charge in [0.1, 0.15) is 0 Å². The van der Waals surface area contributed by atoms with Crippen LogP contribution in [0.3, 0.4) is 0 Å². The van der Waals surface area contributed by atoms with Crippen LogP contribution in [0.4, 0.5) is 5.69 Å². The van der Waals surface area contributed by atoms with Crippen LogP contribution in [0.1, 0.15) is 13.3 Å². The summed E-state index contributed by atoms with van der Waals surface area (Å²) in [5, 5.41) is 0. The Morgan fingerprint density at radius 1 is 1.15 bits per heavy atom. The highest BCUT2D eigenvalue weighted by Crippen LogP contribution is 2.18. The first-order valence-corrected chi connectivity index (χ1v) is 8.07. The molecule has 3 N–H and O–H groups in total. The molecule has 0 aliphatic heterocycles. The van der Waals surface area contributed by atoms with Gasteiger partial charge in [-0.25, -0.2) is 8.42 Å². The summed E-state index contributed by atoms with van der Waals surface area (Å²) >= 11 is 0. The van der Waals surface area contributed by atoms with Crippen LogP contribution in [0.15, 0.2) is 29.2 Å². The van der Waals surface area contributed by atoms with Gasteiger partial charge in [-0.3, -0.25) is 5.84 Å². The fraction of sp³-hybridized carbons (Fsp3) is 0.538. The van der Waals surface area contributed by atoms with Crippen molar-refractivity contribution in [2.24, 2.45) is 5.84 Å². The van der Waals surface area contributed by atoms with E-state index in [2.05, 4.69) is 5.43 Å². The quantitative estimate of drug-likeness (QED) is 0.552. The van der Waals surface area contributed by atoms with Gasteiger partial charge in [0.05, 0.1) is 4.90 Å². The number of nitrogen functional groups attached to an aromatic ring is 1. The van der Waals surface area contributed by atoms with Crippen molar-refractivity contribution < 1.29 is 8.42 Å². The second-order valence-electron chi connectivity index (χ2n) is 4.82. The molecule has 6 nitrogen and oxygen atoms in total. The van der Waals surface area contributed by atoms with Gasteiger partial charge in [0.25, 0.3) is 0 Å². The third-order valence-electron chi connectivity index (χ3n) is 3.02. The normalized spacial score (nSPS) is 12.1. The van der Waals surface area contributed by atoms with Crippen LogP contribution in [0, 0.1) is 0 Å². The van der Waals surface area contributed by atoms with Crippen molar-refractivity contribution >= 4 is 15.7 Å². The molecule has 0 fully saturated rings. The fourth-order valence-corrected chi connectivity index (χ4v) is 3.37. The van der Waals surface area contributed by atoms with Crippen molar-refractivity contribution in [3.63, 3.8) is 0 Å². The molecule has 0 unspecified atom stereocenters. The Morgan fingerprint density at radius 3 is 2.20 bits per heavy atom. The molecular formula is C13H24N4O2S. The molecule has 0 spiro atoms. The molecule has 0 aliphatic rings. The van der Waals surface area contributed by atoms with Crippen molar-refractivity contribution in [2.45, 2.75) is 18.2 Å². The number of anilines is 1. The first kappa shape index (κ1) is 16.9. The lowest BCUT2D eigenvalue weighted by molar-refractivity contribution is 0.356. The zero-order valence-electron chi connectivity index (χ0n) is 12.3.